The average Bonchev–Trinajstić information content (AvgIpc) is 3.60. The Kier molecular flexibility index (Phi) is 8.38. The number of benzene rings is 2. The van der Waals surface area contributed by atoms with Gasteiger partial charge in [-0.2, -0.15) is 4.72 Å². The molecule has 38 heavy (non-hydrogen) atoms. The standard InChI is InChI=1S/C28H35ClN4O4S/c29-23-11-7-21(8-12-23)22-9-13-25(14-10-22)38(36,37)30-26-6-4-17-32(28(26)35)20-27(34)33-18-3-5-24(33)19-31-15-1-2-16-31/h7-14,24,26,30H,1-6,15-20H2. The van der Waals surface area contributed by atoms with Crippen molar-refractivity contribution in [3.8, 4) is 11.1 Å². The number of nitrogens with one attached hydrogen (secondary N) is 1. The van der Waals surface area contributed by atoms with Crippen LogP contribution in [0.5, 0.6) is 0 Å². The van der Waals surface area contributed by atoms with E-state index in [1.165, 1.54) is 29.9 Å². The zero-order chi connectivity index (χ0) is 26.7. The van der Waals surface area contributed by atoms with Crippen LogP contribution >= 0.6 is 11.6 Å². The summed E-state index contributed by atoms with van der Waals surface area (Å²) in [6.07, 6.45) is 5.46. The number of amides is 2. The van der Waals surface area contributed by atoms with Crippen LogP contribution in [0.15, 0.2) is 53.4 Å². The highest BCUT2D eigenvalue weighted by molar-refractivity contribution is 7.89. The largest absolute Gasteiger partial charge is 0.337 e. The summed E-state index contributed by atoms with van der Waals surface area (Å²) in [7, 11) is -3.91. The van der Waals surface area contributed by atoms with Crippen LogP contribution in [0, 0.1) is 0 Å². The van der Waals surface area contributed by atoms with Crippen LogP contribution in [0.3, 0.4) is 0 Å². The molecule has 204 valence electrons. The van der Waals surface area contributed by atoms with Gasteiger partial charge in [-0.05, 0) is 87.0 Å². The molecule has 2 aromatic carbocycles. The van der Waals surface area contributed by atoms with Crippen LogP contribution in [0.4, 0.5) is 0 Å². The Bertz CT molecular complexity index is 1250. The Balaban J connectivity index is 1.20. The van der Waals surface area contributed by atoms with Crippen molar-refractivity contribution in [3.63, 3.8) is 0 Å². The molecule has 8 nitrogen and oxygen atoms in total. The summed E-state index contributed by atoms with van der Waals surface area (Å²) in [6.45, 7) is 4.27. The van der Waals surface area contributed by atoms with E-state index in [1.807, 2.05) is 17.0 Å². The fourth-order valence-corrected chi connectivity index (χ4v) is 7.15. The van der Waals surface area contributed by atoms with Crippen LogP contribution in [0.1, 0.15) is 38.5 Å². The van der Waals surface area contributed by atoms with Gasteiger partial charge in [0.15, 0.2) is 0 Å². The summed E-state index contributed by atoms with van der Waals surface area (Å²) in [5.74, 6) is -0.373. The van der Waals surface area contributed by atoms with Gasteiger partial charge in [0.05, 0.1) is 11.4 Å². The van der Waals surface area contributed by atoms with Gasteiger partial charge >= 0.3 is 0 Å². The quantitative estimate of drug-likeness (QED) is 0.536. The highest BCUT2D eigenvalue weighted by Crippen LogP contribution is 2.25. The molecule has 0 spiro atoms. The minimum absolute atomic E-state index is 0.00332. The Morgan fingerprint density at radius 3 is 2.18 bits per heavy atom. The molecule has 2 amide bonds. The molecule has 0 saturated carbocycles. The van der Waals surface area contributed by atoms with Crippen LogP contribution < -0.4 is 4.72 Å². The van der Waals surface area contributed by atoms with Gasteiger partial charge in [0.25, 0.3) is 0 Å². The van der Waals surface area contributed by atoms with Gasteiger partial charge < -0.3 is 14.7 Å². The van der Waals surface area contributed by atoms with Gasteiger partial charge in [-0.15, -0.1) is 0 Å². The van der Waals surface area contributed by atoms with Gasteiger partial charge in [0, 0.05) is 30.7 Å². The van der Waals surface area contributed by atoms with E-state index < -0.39 is 16.1 Å². The third kappa shape index (κ3) is 6.22. The first kappa shape index (κ1) is 27.1. The third-order valence-electron chi connectivity index (χ3n) is 7.86. The van der Waals surface area contributed by atoms with Crippen molar-refractivity contribution >= 4 is 33.4 Å². The lowest BCUT2D eigenvalue weighted by atomic mass is 10.1. The minimum atomic E-state index is -3.91. The second-order valence-electron chi connectivity index (χ2n) is 10.5. The number of nitrogens with zero attached hydrogens (tertiary/aromatic N) is 3. The number of likely N-dealkylation sites (tertiary alicyclic amines) is 3. The second-order valence-corrected chi connectivity index (χ2v) is 12.6. The van der Waals surface area contributed by atoms with Crippen LogP contribution in [0.25, 0.3) is 11.1 Å². The molecule has 0 aromatic heterocycles. The first-order chi connectivity index (χ1) is 18.3. The molecule has 0 bridgehead atoms. The van der Waals surface area contributed by atoms with E-state index in [4.69, 9.17) is 11.6 Å². The number of carbonyl (C=O) groups excluding carboxylic acids is 2. The molecule has 3 aliphatic rings. The van der Waals surface area contributed by atoms with Crippen molar-refractivity contribution in [2.75, 3.05) is 39.3 Å². The SMILES string of the molecule is O=C1C(NS(=O)(=O)c2ccc(-c3ccc(Cl)cc3)cc2)CCCN1CC(=O)N1CCCC1CN1CCCC1. The molecular formula is C28H35ClN4O4S. The number of rotatable bonds is 8. The molecule has 0 radical (unpaired) electrons. The van der Waals surface area contributed by atoms with E-state index in [2.05, 4.69) is 9.62 Å². The van der Waals surface area contributed by atoms with Gasteiger partial charge in [-0.3, -0.25) is 9.59 Å². The average molecular weight is 559 g/mol. The Labute approximate surface area is 230 Å². The molecule has 1 N–H and O–H groups in total. The van der Waals surface area contributed by atoms with Gasteiger partial charge in [0.1, 0.15) is 6.04 Å². The summed E-state index contributed by atoms with van der Waals surface area (Å²) in [5.41, 5.74) is 1.79. The van der Waals surface area contributed by atoms with Crippen molar-refractivity contribution in [2.45, 2.75) is 55.5 Å². The maximum atomic E-state index is 13.2. The Morgan fingerprint density at radius 1 is 0.868 bits per heavy atom. The topological polar surface area (TPSA) is 90.0 Å². The van der Waals surface area contributed by atoms with Crippen LogP contribution in [0.2, 0.25) is 5.02 Å². The number of piperidine rings is 1. The Hall–Kier alpha value is -2.46. The summed E-state index contributed by atoms with van der Waals surface area (Å²) < 4.78 is 28.8. The minimum Gasteiger partial charge on any atom is -0.337 e. The van der Waals surface area contributed by atoms with E-state index in [9.17, 15) is 18.0 Å². The first-order valence-electron chi connectivity index (χ1n) is 13.5. The fraction of sp³-hybridized carbons (Fsp3) is 0.500. The van der Waals surface area contributed by atoms with Crippen molar-refractivity contribution < 1.29 is 18.0 Å². The van der Waals surface area contributed by atoms with Gasteiger partial charge in [0.2, 0.25) is 21.8 Å². The summed E-state index contributed by atoms with van der Waals surface area (Å²) in [6, 6.07) is 13.2. The number of hydrogen-bond acceptors (Lipinski definition) is 5. The lowest BCUT2D eigenvalue weighted by Crippen LogP contribution is -2.55. The molecule has 3 heterocycles. The molecule has 2 atom stereocenters. The van der Waals surface area contributed by atoms with Crippen molar-refractivity contribution in [2.24, 2.45) is 0 Å². The van der Waals surface area contributed by atoms with Gasteiger partial charge in [-0.1, -0.05) is 35.9 Å². The van der Waals surface area contributed by atoms with Crippen molar-refractivity contribution in [1.29, 1.82) is 0 Å². The first-order valence-corrected chi connectivity index (χ1v) is 15.4. The number of carbonyl (C=O) groups is 2. The zero-order valence-corrected chi connectivity index (χ0v) is 23.1. The Morgan fingerprint density at radius 2 is 1.50 bits per heavy atom. The van der Waals surface area contributed by atoms with Gasteiger partial charge in [-0.25, -0.2) is 8.42 Å². The van der Waals surface area contributed by atoms with E-state index >= 15 is 0 Å². The maximum absolute atomic E-state index is 13.2. The zero-order valence-electron chi connectivity index (χ0n) is 21.5. The third-order valence-corrected chi connectivity index (χ3v) is 9.60. The predicted octanol–water partition coefficient (Wildman–Crippen LogP) is 3.36. The molecule has 0 aliphatic carbocycles. The molecule has 3 fully saturated rings. The lowest BCUT2D eigenvalue weighted by Gasteiger charge is -2.34. The summed E-state index contributed by atoms with van der Waals surface area (Å²) in [5, 5.41) is 0.632. The van der Waals surface area contributed by atoms with E-state index in [0.29, 0.717) is 24.4 Å². The lowest BCUT2D eigenvalue weighted by molar-refractivity contribution is -0.143. The van der Waals surface area contributed by atoms with E-state index in [0.717, 1.165) is 50.1 Å². The number of hydrogen-bond donors (Lipinski definition) is 1. The molecule has 3 saturated heterocycles. The van der Waals surface area contributed by atoms with Crippen LogP contribution in [-0.4, -0.2) is 86.3 Å². The van der Waals surface area contributed by atoms with E-state index in [1.54, 1.807) is 24.3 Å². The molecule has 10 heteroatoms. The van der Waals surface area contributed by atoms with E-state index in [-0.39, 0.29) is 29.3 Å². The number of halogens is 1. The smallest absolute Gasteiger partial charge is 0.242 e. The van der Waals surface area contributed by atoms with Crippen LogP contribution in [-0.2, 0) is 19.6 Å². The molecule has 3 aliphatic heterocycles. The summed E-state index contributed by atoms with van der Waals surface area (Å²) >= 11 is 5.96. The second kappa shape index (κ2) is 11.7. The molecular weight excluding hydrogens is 524 g/mol. The van der Waals surface area contributed by atoms with Crippen molar-refractivity contribution in [1.82, 2.24) is 19.4 Å². The monoisotopic (exact) mass is 558 g/mol. The molecule has 5 rings (SSSR count). The summed E-state index contributed by atoms with van der Waals surface area (Å²) in [4.78, 5) is 32.4. The maximum Gasteiger partial charge on any atom is 0.242 e. The number of sulfonamides is 1. The highest BCUT2D eigenvalue weighted by atomic mass is 35.5. The normalized spacial score (nSPS) is 22.8. The predicted molar refractivity (Wildman–Crippen MR) is 147 cm³/mol. The van der Waals surface area contributed by atoms with Crippen molar-refractivity contribution in [3.05, 3.63) is 53.6 Å². The fourth-order valence-electron chi connectivity index (χ4n) is 5.80. The molecule has 2 unspecified atom stereocenters. The molecule has 2 aromatic rings. The highest BCUT2D eigenvalue weighted by Gasteiger charge is 2.36.